The Hall–Kier alpha value is -1.83. The van der Waals surface area contributed by atoms with E-state index in [1.165, 1.54) is 76.5 Å². The average Bonchev–Trinajstić information content (AvgIpc) is 2.67. The Balaban J connectivity index is 1.70. The molecule has 0 aromatic heterocycles. The second kappa shape index (κ2) is 11.7. The first-order chi connectivity index (χ1) is 12.7. The van der Waals surface area contributed by atoms with Crippen LogP contribution in [0.15, 0.2) is 42.5 Å². The topological polar surface area (TPSA) is 9.23 Å². The molecule has 0 fully saturated rings. The number of hydrogen-bond donors (Lipinski definition) is 0. The van der Waals surface area contributed by atoms with E-state index in [9.17, 15) is 4.39 Å². The maximum Gasteiger partial charge on any atom is 0.165 e. The van der Waals surface area contributed by atoms with Crippen LogP contribution in [0.2, 0.25) is 0 Å². The molecular weight excluding hydrogens is 323 g/mol. The van der Waals surface area contributed by atoms with Gasteiger partial charge in [0.2, 0.25) is 0 Å². The summed E-state index contributed by atoms with van der Waals surface area (Å²) in [5, 5.41) is 0. The molecule has 0 saturated heterocycles. The summed E-state index contributed by atoms with van der Waals surface area (Å²) in [5.41, 5.74) is 3.30. The second-order valence-corrected chi connectivity index (χ2v) is 7.12. The van der Waals surface area contributed by atoms with Crippen molar-refractivity contribution in [3.8, 4) is 16.9 Å². The summed E-state index contributed by atoms with van der Waals surface area (Å²) in [6.45, 7) is 2.27. The molecule has 2 aromatic carbocycles. The number of ether oxygens (including phenoxy) is 1. The minimum absolute atomic E-state index is 0.288. The maximum absolute atomic E-state index is 13.8. The van der Waals surface area contributed by atoms with Gasteiger partial charge >= 0.3 is 0 Å². The molecule has 2 rings (SSSR count). The summed E-state index contributed by atoms with van der Waals surface area (Å²) in [6.07, 6.45) is 13.4. The minimum atomic E-state index is -0.316. The predicted octanol–water partition coefficient (Wildman–Crippen LogP) is 7.57. The van der Waals surface area contributed by atoms with E-state index >= 15 is 0 Å². The van der Waals surface area contributed by atoms with Gasteiger partial charge in [-0.2, -0.15) is 0 Å². The van der Waals surface area contributed by atoms with Crippen molar-refractivity contribution >= 4 is 0 Å². The monoisotopic (exact) mass is 356 g/mol. The van der Waals surface area contributed by atoms with Crippen molar-refractivity contribution in [2.24, 2.45) is 0 Å². The van der Waals surface area contributed by atoms with Crippen LogP contribution in [0.4, 0.5) is 4.39 Å². The summed E-state index contributed by atoms with van der Waals surface area (Å²) in [6, 6.07) is 13.6. The Bertz CT molecular complexity index is 633. The van der Waals surface area contributed by atoms with E-state index < -0.39 is 0 Å². The highest BCUT2D eigenvalue weighted by molar-refractivity contribution is 5.64. The van der Waals surface area contributed by atoms with Gasteiger partial charge < -0.3 is 4.74 Å². The first kappa shape index (κ1) is 20.5. The van der Waals surface area contributed by atoms with Gasteiger partial charge in [0.05, 0.1) is 7.11 Å². The third kappa shape index (κ3) is 6.82. The lowest BCUT2D eigenvalue weighted by atomic mass is 10.0. The summed E-state index contributed by atoms with van der Waals surface area (Å²) in [7, 11) is 1.49. The van der Waals surface area contributed by atoms with Crippen molar-refractivity contribution < 1.29 is 9.13 Å². The highest BCUT2D eigenvalue weighted by atomic mass is 19.1. The molecule has 0 heterocycles. The van der Waals surface area contributed by atoms with E-state index in [0.717, 1.165) is 17.5 Å². The lowest BCUT2D eigenvalue weighted by Gasteiger charge is -2.07. The van der Waals surface area contributed by atoms with Gasteiger partial charge in [-0.25, -0.2) is 4.39 Å². The third-order valence-electron chi connectivity index (χ3n) is 5.01. The van der Waals surface area contributed by atoms with Crippen LogP contribution < -0.4 is 4.74 Å². The molecule has 0 amide bonds. The number of methoxy groups -OCH3 is 1. The smallest absolute Gasteiger partial charge is 0.165 e. The Morgan fingerprint density at radius 1 is 0.731 bits per heavy atom. The van der Waals surface area contributed by atoms with E-state index in [2.05, 4.69) is 31.2 Å². The Labute approximate surface area is 158 Å². The SMILES string of the molecule is CCCCCCCCCCCc1ccc(-c2ccc(OC)c(F)c2)cc1. The minimum Gasteiger partial charge on any atom is -0.494 e. The first-order valence-electron chi connectivity index (χ1n) is 10.2. The quantitative estimate of drug-likeness (QED) is 0.356. The van der Waals surface area contributed by atoms with Gasteiger partial charge in [0, 0.05) is 0 Å². The number of halogens is 1. The number of unbranched alkanes of at least 4 members (excludes halogenated alkanes) is 8. The molecule has 0 atom stereocenters. The van der Waals surface area contributed by atoms with Crippen LogP contribution in [0.25, 0.3) is 11.1 Å². The standard InChI is InChI=1S/C24H33FO/c1-3-4-5-6-7-8-9-10-11-12-20-13-15-21(16-14-20)22-17-18-24(26-2)23(25)19-22/h13-19H,3-12H2,1-2H3. The van der Waals surface area contributed by atoms with Gasteiger partial charge in [-0.15, -0.1) is 0 Å². The molecule has 2 aromatic rings. The Morgan fingerprint density at radius 3 is 1.88 bits per heavy atom. The summed E-state index contributed by atoms with van der Waals surface area (Å²) >= 11 is 0. The molecule has 0 N–H and O–H groups in total. The van der Waals surface area contributed by atoms with Gasteiger partial charge in [0.25, 0.3) is 0 Å². The highest BCUT2D eigenvalue weighted by Crippen LogP contribution is 2.26. The van der Waals surface area contributed by atoms with Crippen LogP contribution in [-0.4, -0.2) is 7.11 Å². The highest BCUT2D eigenvalue weighted by Gasteiger charge is 2.05. The fraction of sp³-hybridized carbons (Fsp3) is 0.500. The Morgan fingerprint density at radius 2 is 1.31 bits per heavy atom. The van der Waals surface area contributed by atoms with Crippen LogP contribution >= 0.6 is 0 Å². The lowest BCUT2D eigenvalue weighted by Crippen LogP contribution is -1.90. The molecule has 0 aliphatic rings. The van der Waals surface area contributed by atoms with Gasteiger partial charge in [-0.1, -0.05) is 88.6 Å². The number of rotatable bonds is 12. The molecule has 0 radical (unpaired) electrons. The van der Waals surface area contributed by atoms with Crippen molar-refractivity contribution in [3.05, 3.63) is 53.8 Å². The zero-order chi connectivity index (χ0) is 18.6. The second-order valence-electron chi connectivity index (χ2n) is 7.12. The average molecular weight is 357 g/mol. The van der Waals surface area contributed by atoms with Crippen molar-refractivity contribution in [2.45, 2.75) is 71.1 Å². The van der Waals surface area contributed by atoms with Crippen LogP contribution in [-0.2, 0) is 6.42 Å². The fourth-order valence-electron chi connectivity index (χ4n) is 3.35. The molecule has 2 heteroatoms. The molecule has 0 bridgehead atoms. The lowest BCUT2D eigenvalue weighted by molar-refractivity contribution is 0.386. The predicted molar refractivity (Wildman–Crippen MR) is 109 cm³/mol. The van der Waals surface area contributed by atoms with Gasteiger partial charge in [-0.05, 0) is 41.7 Å². The molecule has 26 heavy (non-hydrogen) atoms. The van der Waals surface area contributed by atoms with Crippen molar-refractivity contribution in [1.29, 1.82) is 0 Å². The molecule has 142 valence electrons. The zero-order valence-corrected chi connectivity index (χ0v) is 16.4. The summed E-state index contributed by atoms with van der Waals surface area (Å²) in [4.78, 5) is 0. The largest absolute Gasteiger partial charge is 0.494 e. The van der Waals surface area contributed by atoms with Crippen LogP contribution in [0, 0.1) is 5.82 Å². The first-order valence-corrected chi connectivity index (χ1v) is 10.2. The van der Waals surface area contributed by atoms with E-state index in [1.807, 2.05) is 6.07 Å². The van der Waals surface area contributed by atoms with Gasteiger partial charge in [-0.3, -0.25) is 0 Å². The number of hydrogen-bond acceptors (Lipinski definition) is 1. The molecule has 1 nitrogen and oxygen atoms in total. The van der Waals surface area contributed by atoms with E-state index in [1.54, 1.807) is 6.07 Å². The molecule has 0 spiro atoms. The zero-order valence-electron chi connectivity index (χ0n) is 16.4. The van der Waals surface area contributed by atoms with E-state index in [-0.39, 0.29) is 11.6 Å². The van der Waals surface area contributed by atoms with E-state index in [0.29, 0.717) is 0 Å². The van der Waals surface area contributed by atoms with Crippen LogP contribution in [0.3, 0.4) is 0 Å². The summed E-state index contributed by atoms with van der Waals surface area (Å²) < 4.78 is 18.8. The Kier molecular flexibility index (Phi) is 9.23. The van der Waals surface area contributed by atoms with Crippen molar-refractivity contribution in [2.75, 3.05) is 7.11 Å². The van der Waals surface area contributed by atoms with Crippen LogP contribution in [0.5, 0.6) is 5.75 Å². The van der Waals surface area contributed by atoms with Crippen molar-refractivity contribution in [3.63, 3.8) is 0 Å². The van der Waals surface area contributed by atoms with Gasteiger partial charge in [0.15, 0.2) is 11.6 Å². The molecule has 0 unspecified atom stereocenters. The number of benzene rings is 2. The molecule has 0 saturated carbocycles. The summed E-state index contributed by atoms with van der Waals surface area (Å²) in [5.74, 6) is -0.0282. The maximum atomic E-state index is 13.8. The van der Waals surface area contributed by atoms with Crippen molar-refractivity contribution in [1.82, 2.24) is 0 Å². The molecule has 0 aliphatic carbocycles. The van der Waals surface area contributed by atoms with E-state index in [4.69, 9.17) is 4.74 Å². The molecule has 0 aliphatic heterocycles. The number of aryl methyl sites for hydroxylation is 1. The third-order valence-corrected chi connectivity index (χ3v) is 5.01. The van der Waals surface area contributed by atoms with Gasteiger partial charge in [0.1, 0.15) is 0 Å². The molecular formula is C24H33FO. The van der Waals surface area contributed by atoms with Crippen LogP contribution in [0.1, 0.15) is 70.3 Å². The normalized spacial score (nSPS) is 10.9. The fourth-order valence-corrected chi connectivity index (χ4v) is 3.35.